The molecule has 150 valence electrons. The first-order valence-electron chi connectivity index (χ1n) is 9.14. The van der Waals surface area contributed by atoms with Crippen molar-refractivity contribution in [1.82, 2.24) is 15.3 Å². The number of carbonyl (C=O) groups is 2. The summed E-state index contributed by atoms with van der Waals surface area (Å²) >= 11 is 1.27. The molecule has 3 N–H and O–H groups in total. The Balaban J connectivity index is 1.76. The van der Waals surface area contributed by atoms with Crippen LogP contribution in [-0.4, -0.2) is 33.0 Å². The Morgan fingerprint density at radius 1 is 1.10 bits per heavy atom. The average molecular weight is 410 g/mol. The highest BCUT2D eigenvalue weighted by molar-refractivity contribution is 7.17. The molecule has 0 aromatic carbocycles. The highest BCUT2D eigenvalue weighted by atomic mass is 32.1. The molecule has 0 fully saturated rings. The van der Waals surface area contributed by atoms with Crippen LogP contribution in [0, 0.1) is 12.8 Å². The Morgan fingerprint density at radius 3 is 2.59 bits per heavy atom. The molecule has 7 nitrogen and oxygen atoms in total. The molecule has 3 aromatic rings. The average Bonchev–Trinajstić information content (AvgIpc) is 3.16. The maximum absolute atomic E-state index is 12.4. The van der Waals surface area contributed by atoms with Crippen molar-refractivity contribution in [3.8, 4) is 10.6 Å². The minimum absolute atomic E-state index is 0.212. The molecule has 3 aromatic heterocycles. The van der Waals surface area contributed by atoms with Crippen LogP contribution in [0.5, 0.6) is 0 Å². The van der Waals surface area contributed by atoms with Gasteiger partial charge in [-0.15, -0.1) is 11.3 Å². The number of rotatable bonds is 7. The van der Waals surface area contributed by atoms with Gasteiger partial charge in [-0.3, -0.25) is 4.79 Å². The highest BCUT2D eigenvalue weighted by Gasteiger charge is 2.24. The molecular formula is C21H22N4O3S. The molecule has 0 saturated heterocycles. The molecule has 3 heterocycles. The van der Waals surface area contributed by atoms with Crippen LogP contribution in [0.4, 0.5) is 11.6 Å². The zero-order valence-corrected chi connectivity index (χ0v) is 17.2. The second-order valence-corrected chi connectivity index (χ2v) is 8.03. The molecule has 0 aliphatic carbocycles. The summed E-state index contributed by atoms with van der Waals surface area (Å²) in [6, 6.07) is 12.0. The van der Waals surface area contributed by atoms with E-state index in [1.54, 1.807) is 26.1 Å². The Labute approximate surface area is 172 Å². The molecule has 0 saturated carbocycles. The fourth-order valence-electron chi connectivity index (χ4n) is 2.70. The second kappa shape index (κ2) is 8.83. The van der Waals surface area contributed by atoms with E-state index in [9.17, 15) is 14.7 Å². The summed E-state index contributed by atoms with van der Waals surface area (Å²) in [5, 5.41) is 15.0. The van der Waals surface area contributed by atoms with Gasteiger partial charge < -0.3 is 15.7 Å². The van der Waals surface area contributed by atoms with Gasteiger partial charge in [0.05, 0.1) is 15.4 Å². The number of hydrogen-bond acceptors (Lipinski definition) is 6. The zero-order chi connectivity index (χ0) is 21.0. The van der Waals surface area contributed by atoms with Crippen molar-refractivity contribution in [2.24, 2.45) is 5.92 Å². The smallest absolute Gasteiger partial charge is 0.326 e. The van der Waals surface area contributed by atoms with Gasteiger partial charge in [0.25, 0.3) is 5.91 Å². The number of hydrogen-bond donors (Lipinski definition) is 3. The molecule has 29 heavy (non-hydrogen) atoms. The minimum Gasteiger partial charge on any atom is -0.480 e. The number of nitrogens with one attached hydrogen (secondary N) is 2. The van der Waals surface area contributed by atoms with E-state index in [0.29, 0.717) is 22.2 Å². The van der Waals surface area contributed by atoms with E-state index >= 15 is 0 Å². The number of carbonyl (C=O) groups excluding carboxylic acids is 1. The topological polar surface area (TPSA) is 104 Å². The number of thiophene rings is 1. The van der Waals surface area contributed by atoms with Gasteiger partial charge in [0, 0.05) is 6.20 Å². The number of amides is 1. The fraction of sp³-hybridized carbons (Fsp3) is 0.238. The number of anilines is 2. The Bertz CT molecular complexity index is 1030. The molecule has 1 atom stereocenters. The summed E-state index contributed by atoms with van der Waals surface area (Å²) in [4.78, 5) is 33.9. The maximum atomic E-state index is 12.4. The number of nitrogens with zero attached hydrogens (tertiary/aromatic N) is 2. The number of pyridine rings is 2. The van der Waals surface area contributed by atoms with Gasteiger partial charge in [-0.2, -0.15) is 0 Å². The molecule has 0 aliphatic rings. The molecule has 0 spiro atoms. The Morgan fingerprint density at radius 2 is 1.90 bits per heavy atom. The van der Waals surface area contributed by atoms with Gasteiger partial charge in [0.15, 0.2) is 0 Å². The lowest BCUT2D eigenvalue weighted by atomic mass is 10.0. The van der Waals surface area contributed by atoms with Crippen LogP contribution in [0.3, 0.4) is 0 Å². The van der Waals surface area contributed by atoms with Crippen LogP contribution in [0.2, 0.25) is 0 Å². The molecule has 3 rings (SSSR count). The standard InChI is InChI=1S/C21H22N4O3S/c1-12(2)19(21(27)28)25-20(26)16-8-7-15(29-16)14-5-4-6-17(23-14)24-18-11-13(3)9-10-22-18/h4-12,19H,1-3H3,(H,25,26)(H,27,28)(H,22,23,24). The van der Waals surface area contributed by atoms with Gasteiger partial charge in [-0.25, -0.2) is 14.8 Å². The predicted molar refractivity (Wildman–Crippen MR) is 114 cm³/mol. The normalized spacial score (nSPS) is 11.9. The van der Waals surface area contributed by atoms with E-state index in [4.69, 9.17) is 0 Å². The summed E-state index contributed by atoms with van der Waals surface area (Å²) in [5.41, 5.74) is 1.80. The molecule has 0 aliphatic heterocycles. The summed E-state index contributed by atoms with van der Waals surface area (Å²) in [7, 11) is 0. The Hall–Kier alpha value is -3.26. The van der Waals surface area contributed by atoms with Crippen molar-refractivity contribution < 1.29 is 14.7 Å². The third kappa shape index (κ3) is 5.17. The summed E-state index contributed by atoms with van der Waals surface area (Å²) in [5.74, 6) is -0.313. The largest absolute Gasteiger partial charge is 0.480 e. The van der Waals surface area contributed by atoms with E-state index < -0.39 is 17.9 Å². The fourth-order valence-corrected chi connectivity index (χ4v) is 3.58. The third-order valence-electron chi connectivity index (χ3n) is 4.22. The summed E-state index contributed by atoms with van der Waals surface area (Å²) in [6.45, 7) is 5.50. The third-order valence-corrected chi connectivity index (χ3v) is 5.33. The number of aliphatic carboxylic acids is 1. The van der Waals surface area contributed by atoms with Crippen molar-refractivity contribution in [2.75, 3.05) is 5.32 Å². The predicted octanol–water partition coefficient (Wildman–Crippen LogP) is 4.10. The van der Waals surface area contributed by atoms with Gasteiger partial charge >= 0.3 is 5.97 Å². The quantitative estimate of drug-likeness (QED) is 0.542. The van der Waals surface area contributed by atoms with Crippen LogP contribution >= 0.6 is 11.3 Å². The van der Waals surface area contributed by atoms with E-state index in [2.05, 4.69) is 20.6 Å². The first-order chi connectivity index (χ1) is 13.8. The SMILES string of the molecule is Cc1ccnc(Nc2cccc(-c3ccc(C(=O)NC(C(=O)O)C(C)C)s3)n2)c1. The molecule has 1 unspecified atom stereocenters. The summed E-state index contributed by atoms with van der Waals surface area (Å²) < 4.78 is 0. The van der Waals surface area contributed by atoms with Crippen LogP contribution in [0.25, 0.3) is 10.6 Å². The van der Waals surface area contributed by atoms with Crippen LogP contribution < -0.4 is 10.6 Å². The van der Waals surface area contributed by atoms with E-state index in [-0.39, 0.29) is 5.92 Å². The lowest BCUT2D eigenvalue weighted by molar-refractivity contribution is -0.140. The van der Waals surface area contributed by atoms with Crippen molar-refractivity contribution >= 4 is 34.8 Å². The first kappa shape index (κ1) is 20.5. The lowest BCUT2D eigenvalue weighted by Gasteiger charge is -2.17. The monoisotopic (exact) mass is 410 g/mol. The van der Waals surface area contributed by atoms with Crippen molar-refractivity contribution in [3.05, 3.63) is 59.1 Å². The number of carboxylic acid groups (broad SMARTS) is 1. The van der Waals surface area contributed by atoms with Gasteiger partial charge in [-0.05, 0) is 54.8 Å². The number of carboxylic acids is 1. The van der Waals surface area contributed by atoms with E-state index in [0.717, 1.165) is 10.4 Å². The lowest BCUT2D eigenvalue weighted by Crippen LogP contribution is -2.44. The van der Waals surface area contributed by atoms with Crippen molar-refractivity contribution in [3.63, 3.8) is 0 Å². The van der Waals surface area contributed by atoms with Crippen molar-refractivity contribution in [1.29, 1.82) is 0 Å². The van der Waals surface area contributed by atoms with Gasteiger partial charge in [0.1, 0.15) is 17.7 Å². The first-order valence-corrected chi connectivity index (χ1v) is 9.96. The Kier molecular flexibility index (Phi) is 6.23. The van der Waals surface area contributed by atoms with E-state index in [1.165, 1.54) is 11.3 Å². The van der Waals surface area contributed by atoms with Crippen LogP contribution in [0.1, 0.15) is 29.1 Å². The molecule has 8 heteroatoms. The molecule has 0 bridgehead atoms. The van der Waals surface area contributed by atoms with Crippen molar-refractivity contribution in [2.45, 2.75) is 26.8 Å². The van der Waals surface area contributed by atoms with Gasteiger partial charge in [0.2, 0.25) is 0 Å². The minimum atomic E-state index is -1.05. The van der Waals surface area contributed by atoms with E-state index in [1.807, 2.05) is 43.3 Å². The highest BCUT2D eigenvalue weighted by Crippen LogP contribution is 2.28. The molecule has 0 radical (unpaired) electrons. The molecular weight excluding hydrogens is 388 g/mol. The zero-order valence-electron chi connectivity index (χ0n) is 16.3. The second-order valence-electron chi connectivity index (χ2n) is 6.95. The maximum Gasteiger partial charge on any atom is 0.326 e. The number of aromatic nitrogens is 2. The summed E-state index contributed by atoms with van der Waals surface area (Å²) in [6.07, 6.45) is 1.73. The molecule has 1 amide bonds. The number of aryl methyl sites for hydroxylation is 1. The van der Waals surface area contributed by atoms with Crippen LogP contribution in [0.15, 0.2) is 48.7 Å². The van der Waals surface area contributed by atoms with Crippen LogP contribution in [-0.2, 0) is 4.79 Å². The van der Waals surface area contributed by atoms with Gasteiger partial charge in [-0.1, -0.05) is 19.9 Å².